The maximum Gasteiger partial charge on any atom is 0.322 e. The van der Waals surface area contributed by atoms with Crippen LogP contribution < -0.4 is 10.2 Å². The maximum atomic E-state index is 15.5. The fourth-order valence-electron chi connectivity index (χ4n) is 6.14. The molecule has 2 atom stereocenters. The van der Waals surface area contributed by atoms with Crippen molar-refractivity contribution in [3.63, 3.8) is 0 Å². The second kappa shape index (κ2) is 9.14. The van der Waals surface area contributed by atoms with E-state index in [9.17, 15) is 9.90 Å². The SMILES string of the molecule is COC1CN(c2nn(CC3(F)CCOC3)c3cc(-c4[nH]ncc4NC(=O)N4CCC(O)CC45CC5)ncc23)C1. The fraction of sp³-hybridized carbons (Fsp3) is 0.615. The Labute approximate surface area is 224 Å². The lowest BCUT2D eigenvalue weighted by Gasteiger charge is -2.38. The minimum atomic E-state index is -1.49. The largest absolute Gasteiger partial charge is 0.393 e. The molecular weight excluding hydrogens is 507 g/mol. The van der Waals surface area contributed by atoms with E-state index in [0.717, 1.165) is 29.6 Å². The van der Waals surface area contributed by atoms with Gasteiger partial charge in [0.1, 0.15) is 5.69 Å². The van der Waals surface area contributed by atoms with Crippen molar-refractivity contribution in [3.05, 3.63) is 18.5 Å². The molecule has 2 amide bonds. The third kappa shape index (κ3) is 4.32. The Kier molecular flexibility index (Phi) is 5.79. The van der Waals surface area contributed by atoms with Gasteiger partial charge in [0.05, 0.1) is 53.8 Å². The molecule has 3 aromatic heterocycles. The summed E-state index contributed by atoms with van der Waals surface area (Å²) in [7, 11) is 1.69. The molecular formula is C26H33FN8O4. The van der Waals surface area contributed by atoms with E-state index in [1.807, 2.05) is 11.0 Å². The molecule has 4 aliphatic rings. The van der Waals surface area contributed by atoms with E-state index in [0.29, 0.717) is 62.6 Å². The Balaban J connectivity index is 1.19. The highest BCUT2D eigenvalue weighted by Crippen LogP contribution is 2.48. The topological polar surface area (TPSA) is 134 Å². The van der Waals surface area contributed by atoms with E-state index in [1.165, 1.54) is 0 Å². The van der Waals surface area contributed by atoms with Crippen LogP contribution in [0.1, 0.15) is 32.1 Å². The van der Waals surface area contributed by atoms with Gasteiger partial charge in [0.25, 0.3) is 0 Å². The first-order valence-electron chi connectivity index (χ1n) is 13.6. The molecule has 0 bridgehead atoms. The van der Waals surface area contributed by atoms with Crippen LogP contribution in [0, 0.1) is 0 Å². The Morgan fingerprint density at radius 3 is 2.92 bits per heavy atom. The number of piperidine rings is 1. The number of hydrogen-bond donors (Lipinski definition) is 3. The zero-order chi connectivity index (χ0) is 26.8. The number of nitrogens with zero attached hydrogens (tertiary/aromatic N) is 6. The lowest BCUT2D eigenvalue weighted by atomic mass is 9.98. The Bertz CT molecular complexity index is 1390. The Hall–Kier alpha value is -3.29. The van der Waals surface area contributed by atoms with Crippen molar-refractivity contribution in [1.82, 2.24) is 29.9 Å². The third-order valence-electron chi connectivity index (χ3n) is 8.67. The first-order valence-corrected chi connectivity index (χ1v) is 13.6. The summed E-state index contributed by atoms with van der Waals surface area (Å²) < 4.78 is 28.0. The van der Waals surface area contributed by atoms with Crippen LogP contribution in [0.3, 0.4) is 0 Å². The van der Waals surface area contributed by atoms with Crippen molar-refractivity contribution in [1.29, 1.82) is 0 Å². The minimum absolute atomic E-state index is 0.0445. The van der Waals surface area contributed by atoms with Crippen molar-refractivity contribution in [2.75, 3.05) is 50.2 Å². The number of anilines is 2. The van der Waals surface area contributed by atoms with Crippen LogP contribution in [0.25, 0.3) is 22.3 Å². The number of amides is 2. The zero-order valence-corrected chi connectivity index (χ0v) is 21.9. The van der Waals surface area contributed by atoms with Gasteiger partial charge in [-0.1, -0.05) is 0 Å². The molecule has 39 heavy (non-hydrogen) atoms. The van der Waals surface area contributed by atoms with Gasteiger partial charge in [-0.05, 0) is 31.7 Å². The molecule has 2 unspecified atom stereocenters. The smallest absolute Gasteiger partial charge is 0.322 e. The van der Waals surface area contributed by atoms with Gasteiger partial charge in [-0.25, -0.2) is 9.18 Å². The van der Waals surface area contributed by atoms with Crippen LogP contribution in [0.5, 0.6) is 0 Å². The van der Waals surface area contributed by atoms with Crippen molar-refractivity contribution in [2.24, 2.45) is 0 Å². The lowest BCUT2D eigenvalue weighted by molar-refractivity contribution is 0.0527. The molecule has 0 aromatic carbocycles. The second-order valence-electron chi connectivity index (χ2n) is 11.4. The van der Waals surface area contributed by atoms with E-state index < -0.39 is 5.67 Å². The number of hydrogen-bond acceptors (Lipinski definition) is 8. The van der Waals surface area contributed by atoms with E-state index in [4.69, 9.17) is 14.6 Å². The number of pyridine rings is 1. The number of alkyl halides is 1. The molecule has 12 nitrogen and oxygen atoms in total. The number of aliphatic hydroxyl groups is 1. The molecule has 4 fully saturated rings. The maximum absolute atomic E-state index is 15.5. The van der Waals surface area contributed by atoms with E-state index in [2.05, 4.69) is 25.4 Å². The molecule has 1 spiro atoms. The molecule has 3 aliphatic heterocycles. The van der Waals surface area contributed by atoms with Gasteiger partial charge in [0.2, 0.25) is 0 Å². The number of aromatic nitrogens is 5. The first-order chi connectivity index (χ1) is 18.9. The fourth-order valence-corrected chi connectivity index (χ4v) is 6.14. The number of halogens is 1. The van der Waals surface area contributed by atoms with Crippen LogP contribution in [0.4, 0.5) is 20.7 Å². The van der Waals surface area contributed by atoms with E-state index in [1.54, 1.807) is 24.2 Å². The normalized spacial score (nSPS) is 26.4. The average molecular weight is 541 g/mol. The number of carbonyl (C=O) groups is 1. The number of urea groups is 1. The van der Waals surface area contributed by atoms with Crippen molar-refractivity contribution in [2.45, 2.75) is 62.1 Å². The van der Waals surface area contributed by atoms with E-state index in [-0.39, 0.29) is 36.9 Å². The molecule has 6 heterocycles. The molecule has 208 valence electrons. The number of ether oxygens (including phenoxy) is 2. The summed E-state index contributed by atoms with van der Waals surface area (Å²) in [4.78, 5) is 21.9. The van der Waals surface area contributed by atoms with Gasteiger partial charge in [-0.3, -0.25) is 14.8 Å². The van der Waals surface area contributed by atoms with Gasteiger partial charge >= 0.3 is 6.03 Å². The Morgan fingerprint density at radius 1 is 1.33 bits per heavy atom. The summed E-state index contributed by atoms with van der Waals surface area (Å²) >= 11 is 0. The van der Waals surface area contributed by atoms with Gasteiger partial charge in [0, 0.05) is 51.5 Å². The van der Waals surface area contributed by atoms with Crippen LogP contribution >= 0.6 is 0 Å². The standard InChI is InChI=1S/C26H33FN8O4/c1-38-17-12-33(13-17)23-18-10-28-19(8-21(18)35(32-23)14-25(27)5-7-39-15-25)22-20(11-29-31-22)30-24(37)34-6-2-16(36)9-26(34)3-4-26/h8,10-11,16-17,36H,2-7,9,12-15H2,1H3,(H,29,31)(H,30,37). The predicted molar refractivity (Wildman–Crippen MR) is 140 cm³/mol. The van der Waals surface area contributed by atoms with E-state index >= 15 is 4.39 Å². The summed E-state index contributed by atoms with van der Waals surface area (Å²) in [5.74, 6) is 0.750. The molecule has 1 aliphatic carbocycles. The number of carbonyl (C=O) groups excluding carboxylic acids is 1. The summed E-state index contributed by atoms with van der Waals surface area (Å²) in [5.41, 5.74) is 0.649. The Morgan fingerprint density at radius 2 is 2.18 bits per heavy atom. The van der Waals surface area contributed by atoms with Gasteiger partial charge in [-0.15, -0.1) is 0 Å². The molecule has 3 aromatic rings. The molecule has 0 radical (unpaired) electrons. The minimum Gasteiger partial charge on any atom is -0.393 e. The number of rotatable bonds is 6. The summed E-state index contributed by atoms with van der Waals surface area (Å²) in [6.07, 6.45) is 6.42. The highest BCUT2D eigenvalue weighted by Gasteiger charge is 2.53. The summed E-state index contributed by atoms with van der Waals surface area (Å²) in [6, 6.07) is 1.66. The molecule has 7 rings (SSSR count). The number of likely N-dealkylation sites (tertiary alicyclic amines) is 1. The highest BCUT2D eigenvalue weighted by molar-refractivity contribution is 5.96. The second-order valence-corrected chi connectivity index (χ2v) is 11.4. The molecule has 13 heteroatoms. The number of methoxy groups -OCH3 is 1. The van der Waals surface area contributed by atoms with Crippen molar-refractivity contribution in [3.8, 4) is 11.4 Å². The number of aliphatic hydroxyl groups excluding tert-OH is 1. The monoisotopic (exact) mass is 540 g/mol. The van der Waals surface area contributed by atoms with Crippen LogP contribution in [-0.4, -0.2) is 104 Å². The van der Waals surface area contributed by atoms with Gasteiger partial charge in [-0.2, -0.15) is 10.2 Å². The quantitative estimate of drug-likeness (QED) is 0.434. The van der Waals surface area contributed by atoms with Crippen LogP contribution in [-0.2, 0) is 16.0 Å². The van der Waals surface area contributed by atoms with Crippen LogP contribution in [0.2, 0.25) is 0 Å². The highest BCUT2D eigenvalue weighted by atomic mass is 19.1. The number of nitrogens with one attached hydrogen (secondary N) is 2. The number of aromatic amines is 1. The van der Waals surface area contributed by atoms with Crippen LogP contribution in [0.15, 0.2) is 18.5 Å². The number of H-pyrrole nitrogens is 1. The van der Waals surface area contributed by atoms with Gasteiger partial charge < -0.3 is 29.7 Å². The van der Waals surface area contributed by atoms with Crippen molar-refractivity contribution >= 4 is 28.4 Å². The third-order valence-corrected chi connectivity index (χ3v) is 8.67. The average Bonchev–Trinajstić information content (AvgIpc) is 3.21. The predicted octanol–water partition coefficient (Wildman–Crippen LogP) is 2.31. The molecule has 3 N–H and O–H groups in total. The summed E-state index contributed by atoms with van der Waals surface area (Å²) in [6.45, 7) is 2.44. The number of fused-ring (bicyclic) bond motifs is 1. The first kappa shape index (κ1) is 24.7. The molecule has 1 saturated carbocycles. The van der Waals surface area contributed by atoms with Gasteiger partial charge in [0.15, 0.2) is 11.5 Å². The lowest BCUT2D eigenvalue weighted by Crippen LogP contribution is -2.52. The molecule has 3 saturated heterocycles. The summed E-state index contributed by atoms with van der Waals surface area (Å²) in [5, 5.41) is 25.9. The zero-order valence-electron chi connectivity index (χ0n) is 21.9. The van der Waals surface area contributed by atoms with Crippen molar-refractivity contribution < 1.29 is 23.8 Å².